The zero-order valence-electron chi connectivity index (χ0n) is 10.9. The molecule has 2 heteroatoms. The summed E-state index contributed by atoms with van der Waals surface area (Å²) in [6, 6.07) is 9.86. The molecule has 0 radical (unpaired) electrons. The first-order valence-electron chi connectivity index (χ1n) is 7.32. The Labute approximate surface area is 119 Å². The van der Waals surface area contributed by atoms with E-state index in [2.05, 4.69) is 45.1 Å². The van der Waals surface area contributed by atoms with Gasteiger partial charge in [-0.15, -0.1) is 0 Å². The fraction of sp³-hybridized carbons (Fsp3) is 0.625. The van der Waals surface area contributed by atoms with Crippen LogP contribution in [0.1, 0.15) is 50.0 Å². The predicted molar refractivity (Wildman–Crippen MR) is 79.9 cm³/mol. The summed E-state index contributed by atoms with van der Waals surface area (Å²) in [7, 11) is 0. The Kier molecular flexibility index (Phi) is 4.05. The van der Waals surface area contributed by atoms with Crippen LogP contribution in [0.4, 0.5) is 0 Å². The zero-order chi connectivity index (χ0) is 12.4. The van der Waals surface area contributed by atoms with Crippen molar-refractivity contribution in [1.82, 2.24) is 4.90 Å². The van der Waals surface area contributed by atoms with Gasteiger partial charge >= 0.3 is 0 Å². The lowest BCUT2D eigenvalue weighted by molar-refractivity contribution is 0.150. The van der Waals surface area contributed by atoms with Crippen molar-refractivity contribution in [1.29, 1.82) is 0 Å². The number of hydrogen-bond acceptors (Lipinski definition) is 1. The smallest absolute Gasteiger partial charge is 0.0175 e. The molecule has 0 amide bonds. The molecule has 98 valence electrons. The molecule has 18 heavy (non-hydrogen) atoms. The summed E-state index contributed by atoms with van der Waals surface area (Å²) < 4.78 is 1.19. The highest BCUT2D eigenvalue weighted by Gasteiger charge is 2.28. The maximum atomic E-state index is 3.52. The van der Waals surface area contributed by atoms with Crippen LogP contribution in [0.3, 0.4) is 0 Å². The molecule has 2 aliphatic rings. The van der Waals surface area contributed by atoms with Crippen LogP contribution < -0.4 is 0 Å². The molecule has 1 aromatic carbocycles. The van der Waals surface area contributed by atoms with Gasteiger partial charge in [-0.25, -0.2) is 0 Å². The van der Waals surface area contributed by atoms with Gasteiger partial charge in [-0.2, -0.15) is 0 Å². The van der Waals surface area contributed by atoms with Gasteiger partial charge in [0.05, 0.1) is 0 Å². The first-order valence-corrected chi connectivity index (χ1v) is 8.12. The first kappa shape index (κ1) is 12.7. The fourth-order valence-electron chi connectivity index (χ4n) is 3.61. The van der Waals surface area contributed by atoms with Crippen molar-refractivity contribution in [3.8, 4) is 0 Å². The molecule has 1 aromatic rings. The second-order valence-electron chi connectivity index (χ2n) is 5.82. The summed E-state index contributed by atoms with van der Waals surface area (Å²) in [6.07, 6.45) is 8.51. The van der Waals surface area contributed by atoms with Crippen LogP contribution in [-0.2, 0) is 0 Å². The summed E-state index contributed by atoms with van der Waals surface area (Å²) in [5.74, 6) is 0.757. The summed E-state index contributed by atoms with van der Waals surface area (Å²) in [5, 5.41) is 0. The molecule has 1 saturated heterocycles. The van der Waals surface area contributed by atoms with Gasteiger partial charge in [0.15, 0.2) is 0 Å². The van der Waals surface area contributed by atoms with E-state index in [-0.39, 0.29) is 0 Å². The van der Waals surface area contributed by atoms with E-state index in [1.54, 1.807) is 0 Å². The van der Waals surface area contributed by atoms with E-state index in [4.69, 9.17) is 0 Å². The molecule has 0 bridgehead atoms. The van der Waals surface area contributed by atoms with Crippen molar-refractivity contribution in [2.75, 3.05) is 13.1 Å². The SMILES string of the molecule is Brc1ccc(C2CCCN(C3CCCC3)C2)cc1. The van der Waals surface area contributed by atoms with Crippen molar-refractivity contribution < 1.29 is 0 Å². The number of likely N-dealkylation sites (tertiary alicyclic amines) is 1. The van der Waals surface area contributed by atoms with Gasteiger partial charge < -0.3 is 0 Å². The van der Waals surface area contributed by atoms with Gasteiger partial charge in [0.1, 0.15) is 0 Å². The number of rotatable bonds is 2. The minimum Gasteiger partial charge on any atom is -0.300 e. The molecule has 2 fully saturated rings. The van der Waals surface area contributed by atoms with Crippen LogP contribution in [0.2, 0.25) is 0 Å². The maximum absolute atomic E-state index is 3.52. The zero-order valence-corrected chi connectivity index (χ0v) is 12.5. The van der Waals surface area contributed by atoms with E-state index in [1.807, 2.05) is 0 Å². The van der Waals surface area contributed by atoms with E-state index in [0.717, 1.165) is 12.0 Å². The van der Waals surface area contributed by atoms with E-state index >= 15 is 0 Å². The Morgan fingerprint density at radius 3 is 2.39 bits per heavy atom. The lowest BCUT2D eigenvalue weighted by atomic mass is 9.90. The van der Waals surface area contributed by atoms with Crippen LogP contribution >= 0.6 is 15.9 Å². The molecule has 1 aliphatic heterocycles. The average molecular weight is 308 g/mol. The van der Waals surface area contributed by atoms with Crippen LogP contribution in [-0.4, -0.2) is 24.0 Å². The van der Waals surface area contributed by atoms with Crippen molar-refractivity contribution >= 4 is 15.9 Å². The lowest BCUT2D eigenvalue weighted by Crippen LogP contribution is -2.40. The number of hydrogen-bond donors (Lipinski definition) is 0. The Bertz CT molecular complexity index is 381. The highest BCUT2D eigenvalue weighted by Crippen LogP contribution is 2.32. The molecule has 0 spiro atoms. The van der Waals surface area contributed by atoms with E-state index in [1.165, 1.54) is 61.7 Å². The maximum Gasteiger partial charge on any atom is 0.0175 e. The van der Waals surface area contributed by atoms with Crippen LogP contribution in [0, 0.1) is 0 Å². The van der Waals surface area contributed by atoms with Crippen LogP contribution in [0.15, 0.2) is 28.7 Å². The minimum atomic E-state index is 0.757. The highest BCUT2D eigenvalue weighted by molar-refractivity contribution is 9.10. The highest BCUT2D eigenvalue weighted by atomic mass is 79.9. The molecule has 3 rings (SSSR count). The second-order valence-corrected chi connectivity index (χ2v) is 6.74. The Morgan fingerprint density at radius 1 is 0.944 bits per heavy atom. The quantitative estimate of drug-likeness (QED) is 0.773. The number of nitrogens with zero attached hydrogens (tertiary/aromatic N) is 1. The molecular formula is C16H22BrN. The largest absolute Gasteiger partial charge is 0.300 e. The van der Waals surface area contributed by atoms with Gasteiger partial charge in [-0.1, -0.05) is 40.9 Å². The Balaban J connectivity index is 1.67. The predicted octanol–water partition coefficient (Wildman–Crippen LogP) is 4.57. The molecule has 0 N–H and O–H groups in total. The van der Waals surface area contributed by atoms with Crippen molar-refractivity contribution in [3.63, 3.8) is 0 Å². The lowest BCUT2D eigenvalue weighted by Gasteiger charge is -2.37. The Hall–Kier alpha value is -0.340. The van der Waals surface area contributed by atoms with E-state index in [9.17, 15) is 0 Å². The molecular weight excluding hydrogens is 286 g/mol. The summed E-state index contributed by atoms with van der Waals surface area (Å²) >= 11 is 3.52. The monoisotopic (exact) mass is 307 g/mol. The number of benzene rings is 1. The van der Waals surface area contributed by atoms with Crippen molar-refractivity contribution in [3.05, 3.63) is 34.3 Å². The molecule has 1 unspecified atom stereocenters. The van der Waals surface area contributed by atoms with E-state index < -0.39 is 0 Å². The van der Waals surface area contributed by atoms with Gasteiger partial charge in [0, 0.05) is 17.1 Å². The van der Waals surface area contributed by atoms with Gasteiger partial charge in [-0.05, 0) is 55.8 Å². The van der Waals surface area contributed by atoms with Gasteiger partial charge in [0.25, 0.3) is 0 Å². The third-order valence-corrected chi connectivity index (χ3v) is 5.16. The second kappa shape index (κ2) is 5.75. The van der Waals surface area contributed by atoms with Gasteiger partial charge in [-0.3, -0.25) is 4.90 Å². The van der Waals surface area contributed by atoms with Crippen LogP contribution in [0.5, 0.6) is 0 Å². The molecule has 1 aliphatic carbocycles. The van der Waals surface area contributed by atoms with Crippen molar-refractivity contribution in [2.45, 2.75) is 50.5 Å². The fourth-order valence-corrected chi connectivity index (χ4v) is 3.88. The molecule has 1 heterocycles. The minimum absolute atomic E-state index is 0.757. The molecule has 0 aromatic heterocycles. The third kappa shape index (κ3) is 2.80. The normalized spacial score (nSPS) is 26.6. The summed E-state index contributed by atoms with van der Waals surface area (Å²) in [6.45, 7) is 2.62. The van der Waals surface area contributed by atoms with Gasteiger partial charge in [0.2, 0.25) is 0 Å². The topological polar surface area (TPSA) is 3.24 Å². The number of piperidine rings is 1. The van der Waals surface area contributed by atoms with Crippen LogP contribution in [0.25, 0.3) is 0 Å². The standard InChI is InChI=1S/C16H22BrN/c17-15-9-7-13(8-10-15)14-4-3-11-18(12-14)16-5-1-2-6-16/h7-10,14,16H,1-6,11-12H2. The summed E-state index contributed by atoms with van der Waals surface area (Å²) in [4.78, 5) is 2.77. The molecule has 1 atom stereocenters. The summed E-state index contributed by atoms with van der Waals surface area (Å²) in [5.41, 5.74) is 1.53. The number of halogens is 1. The van der Waals surface area contributed by atoms with Crippen molar-refractivity contribution in [2.24, 2.45) is 0 Å². The van der Waals surface area contributed by atoms with E-state index in [0.29, 0.717) is 0 Å². The average Bonchev–Trinajstić information content (AvgIpc) is 2.94. The Morgan fingerprint density at radius 2 is 1.67 bits per heavy atom. The molecule has 1 nitrogen and oxygen atoms in total. The third-order valence-electron chi connectivity index (χ3n) is 4.64. The first-order chi connectivity index (χ1) is 8.83. The molecule has 1 saturated carbocycles.